The van der Waals surface area contributed by atoms with Crippen LogP contribution >= 0.6 is 0 Å². The normalized spacial score (nSPS) is 19.9. The van der Waals surface area contributed by atoms with E-state index in [1.165, 1.54) is 0 Å². The number of rotatable bonds is 2. The Hall–Kier alpha value is -1.74. The van der Waals surface area contributed by atoms with Crippen molar-refractivity contribution in [3.63, 3.8) is 0 Å². The summed E-state index contributed by atoms with van der Waals surface area (Å²) in [6, 6.07) is 7.71. The van der Waals surface area contributed by atoms with E-state index >= 15 is 0 Å². The molecule has 1 aromatic carbocycles. The molecular formula is C15H15NO2. The smallest absolute Gasteiger partial charge is 0.168 e. The second-order valence-corrected chi connectivity index (χ2v) is 4.68. The van der Waals surface area contributed by atoms with Crippen molar-refractivity contribution >= 4 is 16.6 Å². The van der Waals surface area contributed by atoms with Crippen LogP contribution in [0.4, 0.5) is 0 Å². The molecule has 3 nitrogen and oxygen atoms in total. The van der Waals surface area contributed by atoms with Gasteiger partial charge in [-0.05, 0) is 24.3 Å². The van der Waals surface area contributed by atoms with Crippen molar-refractivity contribution < 1.29 is 9.53 Å². The molecule has 1 unspecified atom stereocenters. The van der Waals surface area contributed by atoms with Gasteiger partial charge in [0.15, 0.2) is 5.78 Å². The van der Waals surface area contributed by atoms with E-state index in [1.807, 2.05) is 24.3 Å². The summed E-state index contributed by atoms with van der Waals surface area (Å²) in [5.74, 6) is 0.212. The lowest BCUT2D eigenvalue weighted by Crippen LogP contribution is -2.25. The lowest BCUT2D eigenvalue weighted by molar-refractivity contribution is 0.0462. The van der Waals surface area contributed by atoms with E-state index in [1.54, 1.807) is 12.4 Å². The Morgan fingerprint density at radius 1 is 1.33 bits per heavy atom. The Morgan fingerprint density at radius 2 is 2.28 bits per heavy atom. The van der Waals surface area contributed by atoms with Gasteiger partial charge < -0.3 is 4.74 Å². The van der Waals surface area contributed by atoms with Crippen LogP contribution < -0.4 is 0 Å². The van der Waals surface area contributed by atoms with Gasteiger partial charge in [-0.1, -0.05) is 18.2 Å². The van der Waals surface area contributed by atoms with E-state index in [9.17, 15) is 4.79 Å². The minimum atomic E-state index is 0.0116. The molecule has 1 aromatic heterocycles. The third-order valence-corrected chi connectivity index (χ3v) is 3.48. The molecule has 2 heterocycles. The Bertz CT molecular complexity index is 568. The molecule has 1 fully saturated rings. The minimum Gasteiger partial charge on any atom is -0.381 e. The molecule has 92 valence electrons. The molecule has 3 heteroatoms. The first-order valence-electron chi connectivity index (χ1n) is 6.31. The highest BCUT2D eigenvalue weighted by Gasteiger charge is 2.24. The molecule has 0 N–H and O–H groups in total. The van der Waals surface area contributed by atoms with Crippen LogP contribution in [0, 0.1) is 5.92 Å². The molecule has 1 atom stereocenters. The zero-order valence-electron chi connectivity index (χ0n) is 10.1. The van der Waals surface area contributed by atoms with Crippen molar-refractivity contribution in [2.45, 2.75) is 12.8 Å². The molecule has 0 saturated carbocycles. The average Bonchev–Trinajstić information content (AvgIpc) is 2.47. The maximum absolute atomic E-state index is 12.5. The van der Waals surface area contributed by atoms with Gasteiger partial charge in [-0.2, -0.15) is 0 Å². The number of pyridine rings is 1. The summed E-state index contributed by atoms with van der Waals surface area (Å²) < 4.78 is 5.40. The number of carbonyl (C=O) groups excluding carboxylic acids is 1. The summed E-state index contributed by atoms with van der Waals surface area (Å²) in [5.41, 5.74) is 0.797. The van der Waals surface area contributed by atoms with Crippen LogP contribution in [0.5, 0.6) is 0 Å². The van der Waals surface area contributed by atoms with E-state index in [0.717, 1.165) is 35.8 Å². The standard InChI is InChI=1S/C15H15NO2/c17-15(12-4-2-8-18-10-12)14-5-1-3-11-9-16-7-6-13(11)14/h1,3,5-7,9,12H,2,4,8,10H2. The van der Waals surface area contributed by atoms with Crippen molar-refractivity contribution in [3.8, 4) is 0 Å². The molecule has 0 aliphatic carbocycles. The molecule has 0 spiro atoms. The van der Waals surface area contributed by atoms with Gasteiger partial charge >= 0.3 is 0 Å². The summed E-state index contributed by atoms with van der Waals surface area (Å²) in [6.07, 6.45) is 5.43. The van der Waals surface area contributed by atoms with Crippen LogP contribution in [0.1, 0.15) is 23.2 Å². The molecular weight excluding hydrogens is 226 g/mol. The Kier molecular flexibility index (Phi) is 3.07. The first kappa shape index (κ1) is 11.4. The van der Waals surface area contributed by atoms with Gasteiger partial charge in [-0.3, -0.25) is 9.78 Å². The number of hydrogen-bond acceptors (Lipinski definition) is 3. The lowest BCUT2D eigenvalue weighted by Gasteiger charge is -2.21. The number of Topliss-reactive ketones (excluding diaryl/α,β-unsaturated/α-hetero) is 1. The predicted octanol–water partition coefficient (Wildman–Crippen LogP) is 2.84. The van der Waals surface area contributed by atoms with Crippen molar-refractivity contribution in [2.75, 3.05) is 13.2 Å². The number of benzene rings is 1. The van der Waals surface area contributed by atoms with Crippen LogP contribution in [0.25, 0.3) is 10.8 Å². The maximum atomic E-state index is 12.5. The van der Waals surface area contributed by atoms with E-state index < -0.39 is 0 Å². The molecule has 1 aliphatic rings. The van der Waals surface area contributed by atoms with Crippen LogP contribution in [-0.4, -0.2) is 24.0 Å². The Morgan fingerprint density at radius 3 is 3.11 bits per heavy atom. The van der Waals surface area contributed by atoms with Gasteiger partial charge in [0.05, 0.1) is 6.61 Å². The van der Waals surface area contributed by atoms with Crippen LogP contribution in [0.15, 0.2) is 36.7 Å². The minimum absolute atomic E-state index is 0.0116. The van der Waals surface area contributed by atoms with E-state index in [-0.39, 0.29) is 11.7 Å². The molecule has 1 saturated heterocycles. The largest absolute Gasteiger partial charge is 0.381 e. The summed E-state index contributed by atoms with van der Waals surface area (Å²) >= 11 is 0. The fourth-order valence-electron chi connectivity index (χ4n) is 2.50. The zero-order chi connectivity index (χ0) is 12.4. The van der Waals surface area contributed by atoms with E-state index in [4.69, 9.17) is 4.74 Å². The molecule has 0 radical (unpaired) electrons. The number of ether oxygens (including phenoxy) is 1. The fraction of sp³-hybridized carbons (Fsp3) is 0.333. The molecule has 18 heavy (non-hydrogen) atoms. The van der Waals surface area contributed by atoms with Crippen molar-refractivity contribution in [1.29, 1.82) is 0 Å². The highest BCUT2D eigenvalue weighted by molar-refractivity contribution is 6.09. The molecule has 2 aromatic rings. The number of aromatic nitrogens is 1. The van der Waals surface area contributed by atoms with Crippen LogP contribution in [-0.2, 0) is 4.74 Å². The highest BCUT2D eigenvalue weighted by atomic mass is 16.5. The number of ketones is 1. The number of nitrogens with zero attached hydrogens (tertiary/aromatic N) is 1. The molecule has 0 bridgehead atoms. The second kappa shape index (κ2) is 4.86. The topological polar surface area (TPSA) is 39.2 Å². The molecule has 3 rings (SSSR count). The van der Waals surface area contributed by atoms with Gasteiger partial charge in [0.2, 0.25) is 0 Å². The maximum Gasteiger partial charge on any atom is 0.168 e. The third kappa shape index (κ3) is 2.02. The monoisotopic (exact) mass is 241 g/mol. The summed E-state index contributed by atoms with van der Waals surface area (Å²) in [5, 5.41) is 2.00. The van der Waals surface area contributed by atoms with Crippen molar-refractivity contribution in [2.24, 2.45) is 5.92 Å². The second-order valence-electron chi connectivity index (χ2n) is 4.68. The van der Waals surface area contributed by atoms with Gasteiger partial charge in [0, 0.05) is 35.9 Å². The summed E-state index contributed by atoms with van der Waals surface area (Å²) in [6.45, 7) is 1.34. The summed E-state index contributed by atoms with van der Waals surface area (Å²) in [4.78, 5) is 16.6. The first-order valence-corrected chi connectivity index (χ1v) is 6.31. The third-order valence-electron chi connectivity index (χ3n) is 3.48. The fourth-order valence-corrected chi connectivity index (χ4v) is 2.50. The lowest BCUT2D eigenvalue weighted by atomic mass is 9.90. The van der Waals surface area contributed by atoms with Crippen molar-refractivity contribution in [1.82, 2.24) is 4.98 Å². The summed E-state index contributed by atoms with van der Waals surface area (Å²) in [7, 11) is 0. The quantitative estimate of drug-likeness (QED) is 0.759. The van der Waals surface area contributed by atoms with E-state index in [2.05, 4.69) is 4.98 Å². The highest BCUT2D eigenvalue weighted by Crippen LogP contribution is 2.24. The Labute approximate surface area is 106 Å². The molecule has 0 amide bonds. The SMILES string of the molecule is O=C(c1cccc2cnccc12)C1CCCOC1. The number of fused-ring (bicyclic) bond motifs is 1. The van der Waals surface area contributed by atoms with Crippen LogP contribution in [0.3, 0.4) is 0 Å². The number of hydrogen-bond donors (Lipinski definition) is 0. The van der Waals surface area contributed by atoms with Gasteiger partial charge in [-0.25, -0.2) is 0 Å². The van der Waals surface area contributed by atoms with Gasteiger partial charge in [-0.15, -0.1) is 0 Å². The first-order chi connectivity index (χ1) is 8.86. The van der Waals surface area contributed by atoms with Crippen LogP contribution in [0.2, 0.25) is 0 Å². The zero-order valence-corrected chi connectivity index (χ0v) is 10.1. The predicted molar refractivity (Wildman–Crippen MR) is 69.6 cm³/mol. The average molecular weight is 241 g/mol. The van der Waals surface area contributed by atoms with Gasteiger partial charge in [0.25, 0.3) is 0 Å². The van der Waals surface area contributed by atoms with Crippen molar-refractivity contribution in [3.05, 3.63) is 42.2 Å². The van der Waals surface area contributed by atoms with Gasteiger partial charge in [0.1, 0.15) is 0 Å². The number of carbonyl (C=O) groups is 1. The van der Waals surface area contributed by atoms with E-state index in [0.29, 0.717) is 6.61 Å². The molecule has 1 aliphatic heterocycles. The Balaban J connectivity index is 2.00.